The Morgan fingerprint density at radius 3 is 2.42 bits per heavy atom. The number of anilines is 1. The summed E-state index contributed by atoms with van der Waals surface area (Å²) in [5.41, 5.74) is 0.706. The molecule has 1 aliphatic heterocycles. The topological polar surface area (TPSA) is 83.6 Å². The summed E-state index contributed by atoms with van der Waals surface area (Å²) in [5, 5.41) is 7.53. The standard InChI is InChI=1S/C27H33F3N4O3S2.2C2H6/c1-6-15(2)34(25(36)37-26(3,4)5)12-10-21(35)33-24-22(17-9-11-31-14-20(17)39-24)23-32-18-13-16(27(28,29)30)7-8-19(18)38-23;2*1-2/h7-8,13,15,31H,6,9-12,14H2,1-5H3,(H,33,35);2*1-2H3. The molecule has 240 valence electrons. The summed E-state index contributed by atoms with van der Waals surface area (Å²) < 4.78 is 45.9. The number of fused-ring (bicyclic) bond motifs is 2. The molecular formula is C31H45F3N4O3S2. The maximum Gasteiger partial charge on any atom is 0.416 e. The molecule has 12 heteroatoms. The van der Waals surface area contributed by atoms with Gasteiger partial charge in [-0.15, -0.1) is 22.7 Å². The second kappa shape index (κ2) is 15.9. The van der Waals surface area contributed by atoms with E-state index in [-0.39, 0.29) is 30.4 Å². The van der Waals surface area contributed by atoms with Crippen LogP contribution >= 0.6 is 22.7 Å². The van der Waals surface area contributed by atoms with Crippen LogP contribution < -0.4 is 10.6 Å². The fourth-order valence-corrected chi connectivity index (χ4v) is 6.63. The Morgan fingerprint density at radius 2 is 1.81 bits per heavy atom. The van der Waals surface area contributed by atoms with Crippen LogP contribution in [-0.4, -0.2) is 46.6 Å². The van der Waals surface area contributed by atoms with Gasteiger partial charge in [0.25, 0.3) is 0 Å². The summed E-state index contributed by atoms with van der Waals surface area (Å²) in [5.74, 6) is -0.264. The number of carbonyl (C=O) groups is 2. The number of thiophene rings is 1. The van der Waals surface area contributed by atoms with Gasteiger partial charge >= 0.3 is 12.3 Å². The Morgan fingerprint density at radius 1 is 1.14 bits per heavy atom. The van der Waals surface area contributed by atoms with Crippen LogP contribution in [0.4, 0.5) is 23.0 Å². The van der Waals surface area contributed by atoms with Crippen molar-refractivity contribution in [3.63, 3.8) is 0 Å². The predicted octanol–water partition coefficient (Wildman–Crippen LogP) is 9.11. The van der Waals surface area contributed by atoms with E-state index in [0.717, 1.165) is 41.1 Å². The molecular weight excluding hydrogens is 597 g/mol. The zero-order chi connectivity index (χ0) is 32.5. The van der Waals surface area contributed by atoms with E-state index in [4.69, 9.17) is 4.74 Å². The second-order valence-corrected chi connectivity index (χ2v) is 12.7. The van der Waals surface area contributed by atoms with Gasteiger partial charge in [0.05, 0.1) is 15.8 Å². The third-order valence-electron chi connectivity index (χ3n) is 6.44. The summed E-state index contributed by atoms with van der Waals surface area (Å²) in [7, 11) is 0. The SMILES string of the molecule is CC.CC.CCC(C)N(CCC(=O)Nc1sc2c(c1-c1nc3cc(C(F)(F)F)ccc3s1)CCNC2)C(=O)OC(C)(C)C. The maximum atomic E-state index is 13.3. The van der Waals surface area contributed by atoms with E-state index in [9.17, 15) is 22.8 Å². The van der Waals surface area contributed by atoms with E-state index >= 15 is 0 Å². The molecule has 43 heavy (non-hydrogen) atoms. The smallest absolute Gasteiger partial charge is 0.416 e. The molecule has 3 aromatic rings. The molecule has 0 fully saturated rings. The average molecular weight is 643 g/mol. The van der Waals surface area contributed by atoms with Crippen molar-refractivity contribution < 1.29 is 27.5 Å². The van der Waals surface area contributed by atoms with Crippen LogP contribution in [0.1, 0.15) is 91.2 Å². The van der Waals surface area contributed by atoms with Gasteiger partial charge in [-0.1, -0.05) is 34.6 Å². The Hall–Kier alpha value is -2.70. The van der Waals surface area contributed by atoms with Crippen LogP contribution in [0.25, 0.3) is 20.8 Å². The molecule has 0 radical (unpaired) electrons. The molecule has 2 amide bonds. The molecule has 0 spiro atoms. The number of benzene rings is 1. The maximum absolute atomic E-state index is 13.3. The minimum Gasteiger partial charge on any atom is -0.444 e. The third kappa shape index (κ3) is 9.64. The van der Waals surface area contributed by atoms with Crippen LogP contribution in [0.5, 0.6) is 0 Å². The largest absolute Gasteiger partial charge is 0.444 e. The molecule has 0 saturated carbocycles. The number of hydrogen-bond donors (Lipinski definition) is 2. The van der Waals surface area contributed by atoms with Crippen LogP contribution in [0.3, 0.4) is 0 Å². The first-order chi connectivity index (χ1) is 20.3. The minimum absolute atomic E-state index is 0.0681. The van der Waals surface area contributed by atoms with Gasteiger partial charge in [0, 0.05) is 36.0 Å². The van der Waals surface area contributed by atoms with Crippen molar-refractivity contribution in [3.05, 3.63) is 34.2 Å². The molecule has 0 bridgehead atoms. The predicted molar refractivity (Wildman–Crippen MR) is 172 cm³/mol. The van der Waals surface area contributed by atoms with Crippen LogP contribution in [-0.2, 0) is 28.7 Å². The monoisotopic (exact) mass is 642 g/mol. The van der Waals surface area contributed by atoms with Crippen molar-refractivity contribution in [2.45, 2.75) is 106 Å². The number of carbonyl (C=O) groups excluding carboxylic acids is 2. The first-order valence-corrected chi connectivity index (χ1v) is 16.5. The van der Waals surface area contributed by atoms with Crippen molar-refractivity contribution in [3.8, 4) is 10.6 Å². The molecule has 7 nitrogen and oxygen atoms in total. The van der Waals surface area contributed by atoms with Gasteiger partial charge in [0.15, 0.2) is 0 Å². The first kappa shape index (κ1) is 36.5. The highest BCUT2D eigenvalue weighted by molar-refractivity contribution is 7.23. The van der Waals surface area contributed by atoms with Crippen LogP contribution in [0.15, 0.2) is 18.2 Å². The molecule has 0 aliphatic carbocycles. The highest BCUT2D eigenvalue weighted by Crippen LogP contribution is 2.45. The van der Waals surface area contributed by atoms with Gasteiger partial charge in [0.2, 0.25) is 5.91 Å². The van der Waals surface area contributed by atoms with Crippen molar-refractivity contribution in [1.82, 2.24) is 15.2 Å². The first-order valence-electron chi connectivity index (χ1n) is 14.9. The minimum atomic E-state index is -4.45. The van der Waals surface area contributed by atoms with Gasteiger partial charge in [-0.05, 0) is 70.8 Å². The van der Waals surface area contributed by atoms with E-state index in [0.29, 0.717) is 27.7 Å². The van der Waals surface area contributed by atoms with Crippen molar-refractivity contribution in [2.75, 3.05) is 18.4 Å². The van der Waals surface area contributed by atoms with Crippen molar-refractivity contribution in [1.29, 1.82) is 0 Å². The van der Waals surface area contributed by atoms with Gasteiger partial charge in [-0.3, -0.25) is 4.79 Å². The summed E-state index contributed by atoms with van der Waals surface area (Å²) in [6, 6.07) is 3.47. The lowest BCUT2D eigenvalue weighted by molar-refractivity contribution is -0.137. The second-order valence-electron chi connectivity index (χ2n) is 10.6. The number of amides is 2. The number of rotatable bonds is 7. The molecule has 1 aliphatic rings. The summed E-state index contributed by atoms with van der Waals surface area (Å²) in [6.45, 7) is 18.9. The number of nitrogens with zero attached hydrogens (tertiary/aromatic N) is 2. The molecule has 3 heterocycles. The summed E-state index contributed by atoms with van der Waals surface area (Å²) in [6.07, 6.45) is -3.41. The average Bonchev–Trinajstić information content (AvgIpc) is 3.53. The molecule has 0 saturated heterocycles. The van der Waals surface area contributed by atoms with Gasteiger partial charge in [0.1, 0.15) is 15.6 Å². The number of hydrogen-bond acceptors (Lipinski definition) is 7. The molecule has 2 aromatic heterocycles. The van der Waals surface area contributed by atoms with E-state index < -0.39 is 23.4 Å². The van der Waals surface area contributed by atoms with E-state index in [1.807, 2.05) is 41.5 Å². The lowest BCUT2D eigenvalue weighted by atomic mass is 10.0. The van der Waals surface area contributed by atoms with E-state index in [1.165, 1.54) is 28.7 Å². The Bertz CT molecular complexity index is 1360. The summed E-state index contributed by atoms with van der Waals surface area (Å²) in [4.78, 5) is 33.1. The van der Waals surface area contributed by atoms with Crippen LogP contribution in [0, 0.1) is 0 Å². The lowest BCUT2D eigenvalue weighted by Gasteiger charge is -2.31. The number of aromatic nitrogens is 1. The Labute approximate surface area is 261 Å². The quantitative estimate of drug-likeness (QED) is 0.269. The fraction of sp³-hybridized carbons (Fsp3) is 0.581. The molecule has 4 rings (SSSR count). The van der Waals surface area contributed by atoms with Crippen molar-refractivity contribution in [2.24, 2.45) is 0 Å². The highest BCUT2D eigenvalue weighted by atomic mass is 32.1. The molecule has 1 aromatic carbocycles. The Balaban J connectivity index is 0.00000155. The van der Waals surface area contributed by atoms with Crippen molar-refractivity contribution >= 4 is 49.9 Å². The third-order valence-corrected chi connectivity index (χ3v) is 8.64. The fourth-order valence-electron chi connectivity index (χ4n) is 4.30. The number of thiazole rings is 1. The zero-order valence-electron chi connectivity index (χ0n) is 26.6. The molecule has 1 unspecified atom stereocenters. The number of alkyl halides is 3. The number of nitrogens with one attached hydrogen (secondary N) is 2. The van der Waals surface area contributed by atoms with Gasteiger partial charge in [-0.2, -0.15) is 13.2 Å². The Kier molecular flexibility index (Phi) is 13.5. The summed E-state index contributed by atoms with van der Waals surface area (Å²) >= 11 is 2.76. The van der Waals surface area contributed by atoms with E-state index in [2.05, 4.69) is 15.6 Å². The van der Waals surface area contributed by atoms with Crippen LogP contribution in [0.2, 0.25) is 0 Å². The lowest BCUT2D eigenvalue weighted by Crippen LogP contribution is -2.43. The van der Waals surface area contributed by atoms with Gasteiger partial charge in [-0.25, -0.2) is 9.78 Å². The number of halogens is 3. The molecule has 1 atom stereocenters. The van der Waals surface area contributed by atoms with E-state index in [1.54, 1.807) is 25.7 Å². The zero-order valence-corrected chi connectivity index (χ0v) is 28.3. The number of ether oxygens (including phenoxy) is 1. The highest BCUT2D eigenvalue weighted by Gasteiger charge is 2.32. The van der Waals surface area contributed by atoms with Gasteiger partial charge < -0.3 is 20.3 Å². The molecule has 2 N–H and O–H groups in total. The normalized spacial score (nSPS) is 13.6.